The number of carbonyl (C=O) groups is 1. The molecule has 2 nitrogen and oxygen atoms in total. The molecule has 0 radical (unpaired) electrons. The molecule has 2 rings (SSSR count). The Morgan fingerprint density at radius 3 is 3.07 bits per heavy atom. The summed E-state index contributed by atoms with van der Waals surface area (Å²) < 4.78 is 0. The first-order valence-corrected chi connectivity index (χ1v) is 5.50. The maximum absolute atomic E-state index is 10.6. The summed E-state index contributed by atoms with van der Waals surface area (Å²) in [6.07, 6.45) is 2.76. The summed E-state index contributed by atoms with van der Waals surface area (Å²) >= 11 is 0. The summed E-state index contributed by atoms with van der Waals surface area (Å²) in [6.45, 7) is 3.22. The van der Waals surface area contributed by atoms with E-state index in [1.807, 2.05) is 0 Å². The van der Waals surface area contributed by atoms with Gasteiger partial charge in [0.15, 0.2) is 0 Å². The van der Waals surface area contributed by atoms with E-state index in [2.05, 4.69) is 37.1 Å². The van der Waals surface area contributed by atoms with Gasteiger partial charge in [0, 0.05) is 25.7 Å². The van der Waals surface area contributed by atoms with E-state index >= 15 is 0 Å². The molecular formula is C13H17NO. The van der Waals surface area contributed by atoms with Crippen LogP contribution in [0, 0.1) is 0 Å². The summed E-state index contributed by atoms with van der Waals surface area (Å²) in [6, 6.07) is 6.44. The van der Waals surface area contributed by atoms with Crippen LogP contribution in [-0.4, -0.2) is 19.9 Å². The third-order valence-electron chi connectivity index (χ3n) is 3.23. The van der Waals surface area contributed by atoms with Crippen LogP contribution in [0.5, 0.6) is 0 Å². The van der Waals surface area contributed by atoms with Gasteiger partial charge in [0.05, 0.1) is 0 Å². The van der Waals surface area contributed by atoms with Gasteiger partial charge < -0.3 is 9.69 Å². The van der Waals surface area contributed by atoms with Crippen LogP contribution < -0.4 is 4.90 Å². The Balaban J connectivity index is 2.40. The number of carbonyl (C=O) groups excluding carboxylic acids is 1. The third kappa shape index (κ3) is 1.76. The second kappa shape index (κ2) is 4.05. The van der Waals surface area contributed by atoms with Crippen molar-refractivity contribution in [3.8, 4) is 0 Å². The maximum Gasteiger partial charge on any atom is 0.120 e. The molecule has 0 aliphatic carbocycles. The number of benzene rings is 1. The van der Waals surface area contributed by atoms with Gasteiger partial charge in [0.2, 0.25) is 0 Å². The van der Waals surface area contributed by atoms with E-state index < -0.39 is 0 Å². The standard InChI is InChI=1S/C13H17NO/c1-10(7-9-15)12-5-3-4-11-6-8-14(2)13(11)12/h3-5,9-10H,6-8H2,1-2H3. The van der Waals surface area contributed by atoms with Crippen LogP contribution in [0.3, 0.4) is 0 Å². The van der Waals surface area contributed by atoms with Gasteiger partial charge in [-0.05, 0) is 23.5 Å². The molecule has 80 valence electrons. The molecule has 0 saturated carbocycles. The summed E-state index contributed by atoms with van der Waals surface area (Å²) in [5.74, 6) is 0.331. The Morgan fingerprint density at radius 2 is 2.33 bits per heavy atom. The topological polar surface area (TPSA) is 20.3 Å². The second-order valence-corrected chi connectivity index (χ2v) is 4.33. The van der Waals surface area contributed by atoms with E-state index in [0.717, 1.165) is 19.3 Å². The smallest absolute Gasteiger partial charge is 0.120 e. The zero-order chi connectivity index (χ0) is 10.8. The first-order chi connectivity index (χ1) is 7.24. The Labute approximate surface area is 90.9 Å². The summed E-state index contributed by atoms with van der Waals surface area (Å²) in [4.78, 5) is 12.9. The van der Waals surface area contributed by atoms with Crippen molar-refractivity contribution < 1.29 is 4.79 Å². The van der Waals surface area contributed by atoms with Gasteiger partial charge >= 0.3 is 0 Å². The highest BCUT2D eigenvalue weighted by molar-refractivity contribution is 5.65. The lowest BCUT2D eigenvalue weighted by Gasteiger charge is -2.20. The lowest BCUT2D eigenvalue weighted by molar-refractivity contribution is -0.108. The van der Waals surface area contributed by atoms with E-state index in [9.17, 15) is 4.79 Å². The highest BCUT2D eigenvalue weighted by Gasteiger charge is 2.21. The maximum atomic E-state index is 10.6. The molecule has 0 aromatic heterocycles. The van der Waals surface area contributed by atoms with Crippen LogP contribution in [0.2, 0.25) is 0 Å². The number of nitrogens with zero attached hydrogens (tertiary/aromatic N) is 1. The number of hydrogen-bond acceptors (Lipinski definition) is 2. The lowest BCUT2D eigenvalue weighted by Crippen LogP contribution is -2.15. The van der Waals surface area contributed by atoms with Crippen molar-refractivity contribution in [1.29, 1.82) is 0 Å². The molecule has 2 heteroatoms. The first kappa shape index (κ1) is 10.2. The Morgan fingerprint density at radius 1 is 1.53 bits per heavy atom. The first-order valence-electron chi connectivity index (χ1n) is 5.50. The van der Waals surface area contributed by atoms with Crippen molar-refractivity contribution in [3.05, 3.63) is 29.3 Å². The molecular weight excluding hydrogens is 186 g/mol. The van der Waals surface area contributed by atoms with Crippen molar-refractivity contribution in [1.82, 2.24) is 0 Å². The minimum atomic E-state index is 0.331. The van der Waals surface area contributed by atoms with Gasteiger partial charge in [-0.25, -0.2) is 0 Å². The average Bonchev–Trinajstić information content (AvgIpc) is 2.61. The van der Waals surface area contributed by atoms with E-state index in [0.29, 0.717) is 12.3 Å². The molecule has 0 bridgehead atoms. The van der Waals surface area contributed by atoms with Crippen LogP contribution >= 0.6 is 0 Å². The molecule has 0 saturated heterocycles. The molecule has 1 atom stereocenters. The molecule has 0 spiro atoms. The van der Waals surface area contributed by atoms with Gasteiger partial charge in [-0.15, -0.1) is 0 Å². The number of aldehydes is 1. The zero-order valence-electron chi connectivity index (χ0n) is 9.36. The summed E-state index contributed by atoms with van der Waals surface area (Å²) in [5, 5.41) is 0. The Kier molecular flexibility index (Phi) is 2.76. The molecule has 1 unspecified atom stereocenters. The van der Waals surface area contributed by atoms with Crippen molar-refractivity contribution in [2.75, 3.05) is 18.5 Å². The van der Waals surface area contributed by atoms with E-state index in [-0.39, 0.29) is 0 Å². The van der Waals surface area contributed by atoms with Crippen molar-refractivity contribution in [2.24, 2.45) is 0 Å². The lowest BCUT2D eigenvalue weighted by atomic mass is 9.94. The number of likely N-dealkylation sites (N-methyl/N-ethyl adjacent to an activating group) is 1. The number of para-hydroxylation sites is 1. The fourth-order valence-electron chi connectivity index (χ4n) is 2.35. The van der Waals surface area contributed by atoms with Crippen molar-refractivity contribution in [3.63, 3.8) is 0 Å². The molecule has 1 heterocycles. The van der Waals surface area contributed by atoms with Crippen molar-refractivity contribution in [2.45, 2.75) is 25.7 Å². The average molecular weight is 203 g/mol. The Hall–Kier alpha value is -1.31. The van der Waals surface area contributed by atoms with Gasteiger partial charge in [0.1, 0.15) is 6.29 Å². The SMILES string of the molecule is CC(CC=O)c1cccc2c1N(C)CC2. The monoisotopic (exact) mass is 203 g/mol. The summed E-state index contributed by atoms with van der Waals surface area (Å²) in [7, 11) is 2.13. The molecule has 0 fully saturated rings. The predicted octanol–water partition coefficient (Wildman–Crippen LogP) is 2.37. The van der Waals surface area contributed by atoms with Crippen LogP contribution in [0.1, 0.15) is 30.4 Å². The largest absolute Gasteiger partial charge is 0.374 e. The van der Waals surface area contributed by atoms with Crippen LogP contribution in [0.25, 0.3) is 0 Å². The minimum absolute atomic E-state index is 0.331. The number of hydrogen-bond donors (Lipinski definition) is 0. The van der Waals surface area contributed by atoms with Gasteiger partial charge in [-0.1, -0.05) is 25.1 Å². The minimum Gasteiger partial charge on any atom is -0.374 e. The molecule has 1 aromatic carbocycles. The molecule has 0 amide bonds. The third-order valence-corrected chi connectivity index (χ3v) is 3.23. The van der Waals surface area contributed by atoms with E-state index in [1.165, 1.54) is 16.8 Å². The number of rotatable bonds is 3. The quantitative estimate of drug-likeness (QED) is 0.703. The Bertz CT molecular complexity index is 373. The molecule has 1 aliphatic rings. The zero-order valence-corrected chi connectivity index (χ0v) is 9.36. The van der Waals surface area contributed by atoms with Gasteiger partial charge in [-0.3, -0.25) is 0 Å². The van der Waals surface area contributed by atoms with Crippen molar-refractivity contribution >= 4 is 12.0 Å². The number of fused-ring (bicyclic) bond motifs is 1. The van der Waals surface area contributed by atoms with Crippen LogP contribution in [0.4, 0.5) is 5.69 Å². The molecule has 1 aromatic rings. The normalized spacial score (nSPS) is 16.3. The van der Waals surface area contributed by atoms with Crippen LogP contribution in [0.15, 0.2) is 18.2 Å². The fraction of sp³-hybridized carbons (Fsp3) is 0.462. The molecule has 15 heavy (non-hydrogen) atoms. The van der Waals surface area contributed by atoms with E-state index in [4.69, 9.17) is 0 Å². The highest BCUT2D eigenvalue weighted by atomic mass is 16.1. The molecule has 0 N–H and O–H groups in total. The predicted molar refractivity (Wildman–Crippen MR) is 62.5 cm³/mol. The second-order valence-electron chi connectivity index (χ2n) is 4.33. The fourth-order valence-corrected chi connectivity index (χ4v) is 2.35. The molecule has 1 aliphatic heterocycles. The van der Waals surface area contributed by atoms with Crippen LogP contribution in [-0.2, 0) is 11.2 Å². The van der Waals surface area contributed by atoms with E-state index in [1.54, 1.807) is 0 Å². The number of anilines is 1. The summed E-state index contributed by atoms with van der Waals surface area (Å²) in [5.41, 5.74) is 4.10. The van der Waals surface area contributed by atoms with Gasteiger partial charge in [-0.2, -0.15) is 0 Å². The highest BCUT2D eigenvalue weighted by Crippen LogP contribution is 2.35. The van der Waals surface area contributed by atoms with Gasteiger partial charge in [0.25, 0.3) is 0 Å².